The van der Waals surface area contributed by atoms with E-state index in [1.54, 1.807) is 0 Å². The Balaban J connectivity index is 2.02. The summed E-state index contributed by atoms with van der Waals surface area (Å²) in [5.41, 5.74) is 0. The molecule has 68 valence electrons. The van der Waals surface area contributed by atoms with Gasteiger partial charge in [0.2, 0.25) is 0 Å². The molecule has 0 saturated carbocycles. The quantitative estimate of drug-likeness (QED) is 0.509. The van der Waals surface area contributed by atoms with Crippen LogP contribution in [0.15, 0.2) is 0 Å². The molecule has 1 N–H and O–H groups in total. The van der Waals surface area contributed by atoms with Crippen LogP contribution in [0.3, 0.4) is 0 Å². The van der Waals surface area contributed by atoms with Gasteiger partial charge < -0.3 is 14.2 Å². The molecule has 3 atom stereocenters. The zero-order chi connectivity index (χ0) is 8.55. The second-order valence-electron chi connectivity index (χ2n) is 2.87. The number of nitrogens with one attached hydrogen (secondary N) is 1. The molecular weight excluding hydrogens is 162 g/mol. The topological polar surface area (TPSA) is 56.8 Å². The number of methoxy groups -OCH3 is 1. The summed E-state index contributed by atoms with van der Waals surface area (Å²) in [5, 5.41) is 3.01. The van der Waals surface area contributed by atoms with Crippen molar-refractivity contribution in [2.75, 3.05) is 20.3 Å². The van der Waals surface area contributed by atoms with Crippen molar-refractivity contribution in [3.05, 3.63) is 0 Å². The second kappa shape index (κ2) is 3.01. The first-order valence-electron chi connectivity index (χ1n) is 3.89. The molecular formula is C7H11NO4. The lowest BCUT2D eigenvalue weighted by atomic mass is 10.2. The van der Waals surface area contributed by atoms with Crippen LogP contribution in [0.25, 0.3) is 0 Å². The van der Waals surface area contributed by atoms with Gasteiger partial charge in [-0.3, -0.25) is 10.1 Å². The summed E-state index contributed by atoms with van der Waals surface area (Å²) in [6.07, 6.45) is -0.368. The van der Waals surface area contributed by atoms with Crippen LogP contribution in [0.2, 0.25) is 0 Å². The van der Waals surface area contributed by atoms with Gasteiger partial charge in [0, 0.05) is 6.54 Å². The van der Waals surface area contributed by atoms with E-state index in [0.29, 0.717) is 13.2 Å². The predicted octanol–water partition coefficient (Wildman–Crippen LogP) is -1.13. The van der Waals surface area contributed by atoms with Gasteiger partial charge in [0.15, 0.2) is 12.3 Å². The van der Waals surface area contributed by atoms with Gasteiger partial charge in [-0.2, -0.15) is 0 Å². The standard InChI is InChI=1S/C7H11NO4/c1-10-6(9)5-7-11-3-4(12-7)2-8-5/h4-5,7-8H,2-3H2,1H3/t4-,5-,7+/m1/s1. The molecule has 5 heteroatoms. The molecule has 0 aromatic rings. The number of esters is 1. The number of ether oxygens (including phenoxy) is 3. The van der Waals surface area contributed by atoms with Crippen LogP contribution in [0.1, 0.15) is 0 Å². The molecule has 0 unspecified atom stereocenters. The third-order valence-electron chi connectivity index (χ3n) is 2.07. The minimum Gasteiger partial charge on any atom is -0.468 e. The van der Waals surface area contributed by atoms with E-state index in [-0.39, 0.29) is 12.1 Å². The van der Waals surface area contributed by atoms with Crippen LogP contribution < -0.4 is 5.32 Å². The lowest BCUT2D eigenvalue weighted by molar-refractivity contribution is -0.161. The van der Waals surface area contributed by atoms with Crippen molar-refractivity contribution in [2.24, 2.45) is 0 Å². The molecule has 2 bridgehead atoms. The highest BCUT2D eigenvalue weighted by atomic mass is 16.7. The number of hydrogen-bond donors (Lipinski definition) is 1. The van der Waals surface area contributed by atoms with Gasteiger partial charge in [0.1, 0.15) is 0 Å². The molecule has 12 heavy (non-hydrogen) atoms. The Morgan fingerprint density at radius 1 is 1.67 bits per heavy atom. The monoisotopic (exact) mass is 173 g/mol. The summed E-state index contributed by atoms with van der Waals surface area (Å²) in [5.74, 6) is -0.333. The highest BCUT2D eigenvalue weighted by Crippen LogP contribution is 2.19. The normalized spacial score (nSPS) is 39.6. The number of rotatable bonds is 1. The van der Waals surface area contributed by atoms with Gasteiger partial charge in [-0.05, 0) is 0 Å². The number of hydrogen-bond acceptors (Lipinski definition) is 5. The fourth-order valence-corrected chi connectivity index (χ4v) is 1.43. The van der Waals surface area contributed by atoms with Crippen LogP contribution >= 0.6 is 0 Å². The fourth-order valence-electron chi connectivity index (χ4n) is 1.43. The second-order valence-corrected chi connectivity index (χ2v) is 2.87. The molecule has 2 fully saturated rings. The maximum Gasteiger partial charge on any atom is 0.328 e. The first-order chi connectivity index (χ1) is 5.81. The van der Waals surface area contributed by atoms with Crippen LogP contribution in [-0.4, -0.2) is 44.7 Å². The molecule has 5 nitrogen and oxygen atoms in total. The number of carbonyl (C=O) groups is 1. The summed E-state index contributed by atoms with van der Waals surface area (Å²) < 4.78 is 15.2. The number of carbonyl (C=O) groups excluding carboxylic acids is 1. The molecule has 0 aliphatic carbocycles. The molecule has 2 aliphatic heterocycles. The van der Waals surface area contributed by atoms with Crippen LogP contribution in [-0.2, 0) is 19.0 Å². The van der Waals surface area contributed by atoms with E-state index in [1.165, 1.54) is 7.11 Å². The molecule has 0 amide bonds. The minimum atomic E-state index is -0.464. The van der Waals surface area contributed by atoms with E-state index >= 15 is 0 Å². The predicted molar refractivity (Wildman–Crippen MR) is 38.4 cm³/mol. The van der Waals surface area contributed by atoms with Crippen molar-refractivity contribution in [3.8, 4) is 0 Å². The maximum atomic E-state index is 11.1. The summed E-state index contributed by atoms with van der Waals surface area (Å²) in [6, 6.07) is -0.464. The molecule has 0 aromatic carbocycles. The lowest BCUT2D eigenvalue weighted by Gasteiger charge is -2.26. The van der Waals surface area contributed by atoms with E-state index in [4.69, 9.17) is 9.47 Å². The molecule has 2 saturated heterocycles. The van der Waals surface area contributed by atoms with E-state index in [1.807, 2.05) is 0 Å². The highest BCUT2D eigenvalue weighted by Gasteiger charge is 2.41. The summed E-state index contributed by atoms with van der Waals surface area (Å²) >= 11 is 0. The zero-order valence-electron chi connectivity index (χ0n) is 6.78. The average molecular weight is 173 g/mol. The van der Waals surface area contributed by atoms with Gasteiger partial charge in [0.05, 0.1) is 19.8 Å². The minimum absolute atomic E-state index is 0.0934. The van der Waals surface area contributed by atoms with Crippen LogP contribution in [0, 0.1) is 0 Å². The van der Waals surface area contributed by atoms with E-state index < -0.39 is 12.3 Å². The summed E-state index contributed by atoms with van der Waals surface area (Å²) in [4.78, 5) is 11.1. The Bertz CT molecular complexity index is 196. The molecule has 2 heterocycles. The van der Waals surface area contributed by atoms with Crippen molar-refractivity contribution in [1.29, 1.82) is 0 Å². The van der Waals surface area contributed by atoms with E-state index in [0.717, 1.165) is 0 Å². The third kappa shape index (κ3) is 1.20. The van der Waals surface area contributed by atoms with E-state index in [9.17, 15) is 4.79 Å². The zero-order valence-corrected chi connectivity index (χ0v) is 6.78. The Labute approximate surface area is 70.0 Å². The third-order valence-corrected chi connectivity index (χ3v) is 2.07. The van der Waals surface area contributed by atoms with Crippen molar-refractivity contribution in [1.82, 2.24) is 5.32 Å². The number of fused-ring (bicyclic) bond motifs is 2. The van der Waals surface area contributed by atoms with Crippen molar-refractivity contribution in [3.63, 3.8) is 0 Å². The first kappa shape index (κ1) is 7.97. The summed E-state index contributed by atoms with van der Waals surface area (Å²) in [6.45, 7) is 1.21. The lowest BCUT2D eigenvalue weighted by Crippen LogP contribution is -2.53. The molecule has 0 spiro atoms. The molecule has 0 aromatic heterocycles. The van der Waals surface area contributed by atoms with Gasteiger partial charge in [-0.1, -0.05) is 0 Å². The van der Waals surface area contributed by atoms with Gasteiger partial charge >= 0.3 is 5.97 Å². The Hall–Kier alpha value is -0.650. The number of morpholine rings is 1. The first-order valence-corrected chi connectivity index (χ1v) is 3.89. The van der Waals surface area contributed by atoms with Crippen LogP contribution in [0.4, 0.5) is 0 Å². The SMILES string of the molecule is COC(=O)[C@H]1NC[C@@H]2CO[C@H]1O2. The largest absolute Gasteiger partial charge is 0.468 e. The van der Waals surface area contributed by atoms with Crippen molar-refractivity contribution in [2.45, 2.75) is 18.4 Å². The Morgan fingerprint density at radius 2 is 2.50 bits per heavy atom. The van der Waals surface area contributed by atoms with Gasteiger partial charge in [-0.25, -0.2) is 0 Å². The maximum absolute atomic E-state index is 11.1. The highest BCUT2D eigenvalue weighted by molar-refractivity contribution is 5.76. The average Bonchev–Trinajstić information content (AvgIpc) is 2.47. The van der Waals surface area contributed by atoms with Gasteiger partial charge in [-0.15, -0.1) is 0 Å². The van der Waals surface area contributed by atoms with Crippen LogP contribution in [0.5, 0.6) is 0 Å². The van der Waals surface area contributed by atoms with Gasteiger partial charge in [0.25, 0.3) is 0 Å². The molecule has 2 rings (SSSR count). The summed E-state index contributed by atoms with van der Waals surface area (Å²) in [7, 11) is 1.35. The van der Waals surface area contributed by atoms with Crippen molar-refractivity contribution < 1.29 is 19.0 Å². The Morgan fingerprint density at radius 3 is 3.25 bits per heavy atom. The van der Waals surface area contributed by atoms with Crippen molar-refractivity contribution >= 4 is 5.97 Å². The van der Waals surface area contributed by atoms with E-state index in [2.05, 4.69) is 10.1 Å². The smallest absolute Gasteiger partial charge is 0.328 e. The molecule has 0 radical (unpaired) electrons. The Kier molecular flexibility index (Phi) is 2.00. The molecule has 2 aliphatic rings. The fraction of sp³-hybridized carbons (Fsp3) is 0.857.